The van der Waals surface area contributed by atoms with Gasteiger partial charge in [-0.3, -0.25) is 13.8 Å². The Bertz CT molecular complexity index is 1580. The van der Waals surface area contributed by atoms with Crippen LogP contribution in [-0.2, 0) is 40.4 Å². The number of pyridine rings is 1. The van der Waals surface area contributed by atoms with Crippen molar-refractivity contribution in [3.8, 4) is 0 Å². The second kappa shape index (κ2) is 9.08. The summed E-state index contributed by atoms with van der Waals surface area (Å²) in [5, 5.41) is 7.59. The van der Waals surface area contributed by atoms with Crippen LogP contribution in [-0.4, -0.2) is 58.4 Å². The lowest BCUT2D eigenvalue weighted by atomic mass is 9.87. The predicted octanol–water partition coefficient (Wildman–Crippen LogP) is 3.23. The molecular weight excluding hydrogens is 518 g/mol. The summed E-state index contributed by atoms with van der Waals surface area (Å²) in [4.78, 5) is 34.3. The zero-order chi connectivity index (χ0) is 28.3. The molecule has 1 saturated heterocycles. The third-order valence-corrected chi connectivity index (χ3v) is 8.51. The number of aryl methyl sites for hydroxylation is 1. The predicted molar refractivity (Wildman–Crippen MR) is 149 cm³/mol. The van der Waals surface area contributed by atoms with Crippen LogP contribution in [0.15, 0.2) is 48.8 Å². The third-order valence-electron chi connectivity index (χ3n) is 7.38. The summed E-state index contributed by atoms with van der Waals surface area (Å²) in [5.41, 5.74) is 1.86. The first-order chi connectivity index (χ1) is 18.2. The number of hydrogen-bond acceptors (Lipinski definition) is 7. The van der Waals surface area contributed by atoms with Gasteiger partial charge in [0.25, 0.3) is 5.91 Å². The fourth-order valence-electron chi connectivity index (χ4n) is 5.18. The molecule has 4 heterocycles. The summed E-state index contributed by atoms with van der Waals surface area (Å²) in [6.07, 6.45) is 4.69. The van der Waals surface area contributed by atoms with Crippen LogP contribution in [0.25, 0.3) is 0 Å². The molecule has 12 heteroatoms. The number of nitrogens with zero attached hydrogens (tertiary/aromatic N) is 6. The maximum absolute atomic E-state index is 13.7. The molecule has 2 aliphatic rings. The van der Waals surface area contributed by atoms with Gasteiger partial charge in [0.15, 0.2) is 0 Å². The third kappa shape index (κ3) is 4.73. The van der Waals surface area contributed by atoms with Crippen molar-refractivity contribution >= 4 is 39.2 Å². The Kier molecular flexibility index (Phi) is 6.21. The van der Waals surface area contributed by atoms with E-state index in [0.29, 0.717) is 30.3 Å². The van der Waals surface area contributed by atoms with Crippen LogP contribution in [0.3, 0.4) is 0 Å². The molecule has 3 amide bonds. The monoisotopic (exact) mass is 551 g/mol. The Morgan fingerprint density at radius 2 is 1.79 bits per heavy atom. The number of nitrogens with one attached hydrogen (secondary N) is 1. The average molecular weight is 552 g/mol. The van der Waals surface area contributed by atoms with E-state index in [1.165, 1.54) is 9.21 Å². The fraction of sp³-hybridized carbons (Fsp3) is 0.407. The Labute approximate surface area is 228 Å². The summed E-state index contributed by atoms with van der Waals surface area (Å²) in [6, 6.07) is 10.3. The number of urea groups is 1. The van der Waals surface area contributed by atoms with Gasteiger partial charge in [-0.15, -0.1) is 0 Å². The van der Waals surface area contributed by atoms with E-state index in [2.05, 4.69) is 15.4 Å². The van der Waals surface area contributed by atoms with Gasteiger partial charge in [0.2, 0.25) is 10.0 Å². The Hall–Kier alpha value is -3.93. The maximum Gasteiger partial charge on any atom is 0.332 e. The van der Waals surface area contributed by atoms with E-state index in [1.54, 1.807) is 36.9 Å². The van der Waals surface area contributed by atoms with Crippen LogP contribution in [0.1, 0.15) is 44.5 Å². The summed E-state index contributed by atoms with van der Waals surface area (Å²) >= 11 is 0. The van der Waals surface area contributed by atoms with Gasteiger partial charge < -0.3 is 10.2 Å². The van der Waals surface area contributed by atoms with Gasteiger partial charge in [-0.1, -0.05) is 19.9 Å². The molecule has 0 radical (unpaired) electrons. The minimum Gasteiger partial charge on any atom is -0.364 e. The normalized spacial score (nSPS) is 18.2. The lowest BCUT2D eigenvalue weighted by molar-refractivity contribution is -0.123. The molecule has 0 spiro atoms. The zero-order valence-electron chi connectivity index (χ0n) is 23.0. The number of sulfonamides is 1. The minimum absolute atomic E-state index is 0.197. The highest BCUT2D eigenvalue weighted by Gasteiger charge is 2.52. The number of fused-ring (bicyclic) bond motifs is 1. The summed E-state index contributed by atoms with van der Waals surface area (Å²) < 4.78 is 28.1. The molecule has 206 valence electrons. The van der Waals surface area contributed by atoms with Crippen LogP contribution < -0.4 is 14.5 Å². The molecule has 1 aromatic carbocycles. The van der Waals surface area contributed by atoms with E-state index in [0.717, 1.165) is 28.0 Å². The summed E-state index contributed by atoms with van der Waals surface area (Å²) in [6.45, 7) is 8.37. The van der Waals surface area contributed by atoms with Gasteiger partial charge in [0.1, 0.15) is 11.4 Å². The van der Waals surface area contributed by atoms with E-state index in [9.17, 15) is 18.0 Å². The molecule has 5 rings (SSSR count). The average Bonchev–Trinajstić information content (AvgIpc) is 3.45. The van der Waals surface area contributed by atoms with Crippen molar-refractivity contribution in [1.29, 1.82) is 0 Å². The highest BCUT2D eigenvalue weighted by molar-refractivity contribution is 7.92. The van der Waals surface area contributed by atoms with Gasteiger partial charge >= 0.3 is 6.03 Å². The molecule has 11 nitrogen and oxygen atoms in total. The highest BCUT2D eigenvalue weighted by Crippen LogP contribution is 2.44. The maximum atomic E-state index is 13.7. The largest absolute Gasteiger partial charge is 0.364 e. The Morgan fingerprint density at radius 3 is 2.46 bits per heavy atom. The zero-order valence-corrected chi connectivity index (χ0v) is 23.8. The van der Waals surface area contributed by atoms with Crippen LogP contribution in [0, 0.1) is 0 Å². The molecule has 39 heavy (non-hydrogen) atoms. The highest BCUT2D eigenvalue weighted by atomic mass is 32.2. The van der Waals surface area contributed by atoms with Crippen molar-refractivity contribution in [2.75, 3.05) is 27.3 Å². The number of rotatable bonds is 7. The summed E-state index contributed by atoms with van der Waals surface area (Å²) in [5.74, 6) is 0.256. The number of carbonyl (C=O) groups is 2. The van der Waals surface area contributed by atoms with Gasteiger partial charge in [-0.05, 0) is 55.3 Å². The molecule has 0 aliphatic carbocycles. The van der Waals surface area contributed by atoms with Crippen LogP contribution in [0.5, 0.6) is 0 Å². The molecule has 2 aromatic heterocycles. The number of imide groups is 1. The minimum atomic E-state index is -3.54. The van der Waals surface area contributed by atoms with Crippen molar-refractivity contribution in [3.05, 3.63) is 65.6 Å². The molecule has 1 fully saturated rings. The van der Waals surface area contributed by atoms with Gasteiger partial charge in [-0.25, -0.2) is 23.1 Å². The SMILES string of the molecule is Cn1ccc(CNc2cc(CN3C(=O)N(c4ccc5c(c4)N(S(C)(=O)=O)CC5(C)C)C(=O)C3(C)C)ccn2)n1. The molecular formula is C27H33N7O4S. The summed E-state index contributed by atoms with van der Waals surface area (Å²) in [7, 11) is -1.68. The number of carbonyl (C=O) groups excluding carboxylic acids is 2. The van der Waals surface area contributed by atoms with Crippen LogP contribution in [0.4, 0.5) is 22.0 Å². The lowest BCUT2D eigenvalue weighted by Crippen LogP contribution is -2.43. The number of aromatic nitrogens is 3. The van der Waals surface area contributed by atoms with E-state index in [1.807, 2.05) is 51.4 Å². The first-order valence-electron chi connectivity index (χ1n) is 12.6. The molecule has 0 saturated carbocycles. The van der Waals surface area contributed by atoms with E-state index >= 15 is 0 Å². The second-order valence-corrected chi connectivity index (χ2v) is 13.2. The van der Waals surface area contributed by atoms with E-state index < -0.39 is 27.0 Å². The van der Waals surface area contributed by atoms with Crippen LogP contribution >= 0.6 is 0 Å². The van der Waals surface area contributed by atoms with Crippen molar-refractivity contribution in [2.45, 2.75) is 51.7 Å². The smallest absolute Gasteiger partial charge is 0.332 e. The van der Waals surface area contributed by atoms with E-state index in [4.69, 9.17) is 0 Å². The Balaban J connectivity index is 1.40. The molecule has 0 unspecified atom stereocenters. The molecule has 1 N–H and O–H groups in total. The lowest BCUT2D eigenvalue weighted by Gasteiger charge is -2.27. The molecule has 2 aliphatic heterocycles. The topological polar surface area (TPSA) is 121 Å². The van der Waals surface area contributed by atoms with Gasteiger partial charge in [-0.2, -0.15) is 5.10 Å². The van der Waals surface area contributed by atoms with Gasteiger partial charge in [0, 0.05) is 37.9 Å². The number of anilines is 3. The fourth-order valence-corrected chi connectivity index (χ4v) is 6.25. The van der Waals surface area contributed by atoms with Crippen molar-refractivity contribution in [2.24, 2.45) is 7.05 Å². The van der Waals surface area contributed by atoms with E-state index in [-0.39, 0.29) is 12.5 Å². The molecule has 0 bridgehead atoms. The Morgan fingerprint density at radius 1 is 1.05 bits per heavy atom. The quantitative estimate of drug-likeness (QED) is 0.448. The van der Waals surface area contributed by atoms with Gasteiger partial charge in [0.05, 0.1) is 29.9 Å². The molecule has 3 aromatic rings. The second-order valence-electron chi connectivity index (χ2n) is 11.3. The number of benzene rings is 1. The standard InChI is InChI=1S/C27H33N7O4S/c1-26(2)17-33(39(6,37)38)22-14-20(7-8-21(22)26)34-24(35)27(3,4)32(25(34)36)16-18-9-11-28-23(13-18)29-15-19-10-12-31(5)30-19/h7-14H,15-17H2,1-6H3,(H,28,29). The van der Waals surface area contributed by atoms with Crippen molar-refractivity contribution in [1.82, 2.24) is 19.7 Å². The van der Waals surface area contributed by atoms with Crippen LogP contribution in [0.2, 0.25) is 0 Å². The van der Waals surface area contributed by atoms with Crippen molar-refractivity contribution < 1.29 is 18.0 Å². The van der Waals surface area contributed by atoms with Crippen molar-refractivity contribution in [3.63, 3.8) is 0 Å². The first-order valence-corrected chi connectivity index (χ1v) is 14.5. The first kappa shape index (κ1) is 26.7. The molecule has 0 atom stereocenters. The number of hydrogen-bond donors (Lipinski definition) is 1. The number of amides is 3.